The van der Waals surface area contributed by atoms with Gasteiger partial charge in [0.2, 0.25) is 10.0 Å². The summed E-state index contributed by atoms with van der Waals surface area (Å²) in [6, 6.07) is 5.95. The molecule has 1 saturated heterocycles. The van der Waals surface area contributed by atoms with Crippen molar-refractivity contribution in [3.8, 4) is 0 Å². The number of piperidine rings is 1. The first-order chi connectivity index (χ1) is 8.95. The van der Waals surface area contributed by atoms with E-state index in [1.165, 1.54) is 0 Å². The molecule has 1 fully saturated rings. The lowest BCUT2D eigenvalue weighted by Crippen LogP contribution is -2.44. The molecule has 1 aliphatic rings. The van der Waals surface area contributed by atoms with Crippen LogP contribution in [0.4, 0.5) is 0 Å². The van der Waals surface area contributed by atoms with Gasteiger partial charge >= 0.3 is 0 Å². The number of hydrogen-bond acceptors (Lipinski definition) is 3. The van der Waals surface area contributed by atoms with Gasteiger partial charge in [-0.05, 0) is 45.4 Å². The summed E-state index contributed by atoms with van der Waals surface area (Å²) in [6.45, 7) is 5.03. The number of nitrogens with zero attached hydrogens (tertiary/aromatic N) is 1. The van der Waals surface area contributed by atoms with E-state index in [9.17, 15) is 8.42 Å². The van der Waals surface area contributed by atoms with Gasteiger partial charge in [-0.1, -0.05) is 17.7 Å². The highest BCUT2D eigenvalue weighted by Gasteiger charge is 2.29. The van der Waals surface area contributed by atoms with Crippen molar-refractivity contribution in [3.63, 3.8) is 0 Å². The van der Waals surface area contributed by atoms with E-state index >= 15 is 0 Å². The Bertz CT molecular complexity index is 547. The van der Waals surface area contributed by atoms with Crippen LogP contribution in [0.1, 0.15) is 24.0 Å². The number of aryl methyl sites for hydroxylation is 2. The third-order valence-electron chi connectivity index (χ3n) is 3.81. The zero-order valence-electron chi connectivity index (χ0n) is 11.8. The van der Waals surface area contributed by atoms with Crippen molar-refractivity contribution in [2.45, 2.75) is 37.6 Å². The molecule has 0 amide bonds. The minimum Gasteiger partial charge on any atom is -0.317 e. The number of nitrogens with one attached hydrogen (secondary N) is 1. The molecule has 1 aliphatic heterocycles. The summed E-state index contributed by atoms with van der Waals surface area (Å²) >= 11 is 0. The molecular weight excluding hydrogens is 260 g/mol. The van der Waals surface area contributed by atoms with Crippen LogP contribution >= 0.6 is 0 Å². The van der Waals surface area contributed by atoms with Gasteiger partial charge in [0.25, 0.3) is 0 Å². The second-order valence-corrected chi connectivity index (χ2v) is 7.14. The maximum absolute atomic E-state index is 12.6. The molecule has 0 spiro atoms. The average Bonchev–Trinajstić information content (AvgIpc) is 2.38. The zero-order chi connectivity index (χ0) is 14.0. The van der Waals surface area contributed by atoms with Crippen LogP contribution in [0.3, 0.4) is 0 Å². The quantitative estimate of drug-likeness (QED) is 0.917. The third kappa shape index (κ3) is 2.99. The summed E-state index contributed by atoms with van der Waals surface area (Å²) in [4.78, 5) is 0.445. The van der Waals surface area contributed by atoms with Crippen molar-refractivity contribution >= 4 is 10.0 Å². The molecule has 2 rings (SSSR count). The van der Waals surface area contributed by atoms with E-state index in [2.05, 4.69) is 5.32 Å². The lowest BCUT2D eigenvalue weighted by atomic mass is 10.1. The van der Waals surface area contributed by atoms with Gasteiger partial charge in [0.15, 0.2) is 0 Å². The van der Waals surface area contributed by atoms with Crippen LogP contribution in [0.25, 0.3) is 0 Å². The molecule has 0 radical (unpaired) electrons. The zero-order valence-corrected chi connectivity index (χ0v) is 12.6. The lowest BCUT2D eigenvalue weighted by molar-refractivity contribution is 0.298. The minimum atomic E-state index is -3.34. The van der Waals surface area contributed by atoms with E-state index in [-0.39, 0.29) is 0 Å². The predicted octanol–water partition coefficient (Wildman–Crippen LogP) is 1.68. The summed E-state index contributed by atoms with van der Waals surface area (Å²) in [5.41, 5.74) is 1.92. The Labute approximate surface area is 115 Å². The molecule has 0 aliphatic carbocycles. The van der Waals surface area contributed by atoms with Crippen molar-refractivity contribution in [3.05, 3.63) is 29.3 Å². The third-order valence-corrected chi connectivity index (χ3v) is 5.87. The van der Waals surface area contributed by atoms with Crippen LogP contribution in [0.2, 0.25) is 0 Å². The van der Waals surface area contributed by atoms with Crippen molar-refractivity contribution in [1.82, 2.24) is 9.62 Å². The Kier molecular flexibility index (Phi) is 4.28. The van der Waals surface area contributed by atoms with Gasteiger partial charge in [-0.2, -0.15) is 4.31 Å². The van der Waals surface area contributed by atoms with Gasteiger partial charge < -0.3 is 5.32 Å². The molecule has 4 nitrogen and oxygen atoms in total. The van der Waals surface area contributed by atoms with Gasteiger partial charge in [0.1, 0.15) is 0 Å². The maximum atomic E-state index is 12.6. The Morgan fingerprint density at radius 2 is 1.84 bits per heavy atom. The first-order valence-electron chi connectivity index (χ1n) is 6.70. The Morgan fingerprint density at radius 1 is 1.21 bits per heavy atom. The Balaban J connectivity index is 2.23. The molecule has 106 valence electrons. The molecule has 0 atom stereocenters. The van der Waals surface area contributed by atoms with Crippen LogP contribution in [-0.4, -0.2) is 38.9 Å². The first-order valence-corrected chi connectivity index (χ1v) is 8.14. The highest BCUT2D eigenvalue weighted by atomic mass is 32.2. The van der Waals surface area contributed by atoms with Crippen molar-refractivity contribution in [2.75, 3.05) is 20.1 Å². The standard InChI is InChI=1S/C14H22N2O2S/c1-11-4-5-14(12(2)10-11)19(17,18)16-8-6-13(15-3)7-9-16/h4-5,10,13,15H,6-9H2,1-3H3. The molecule has 0 saturated carbocycles. The molecule has 5 heteroatoms. The predicted molar refractivity (Wildman–Crippen MR) is 76.8 cm³/mol. The SMILES string of the molecule is CNC1CCN(S(=O)(=O)c2ccc(C)cc2C)CC1. The highest BCUT2D eigenvalue weighted by molar-refractivity contribution is 7.89. The number of benzene rings is 1. The van der Waals surface area contributed by atoms with Crippen molar-refractivity contribution in [1.29, 1.82) is 0 Å². The topological polar surface area (TPSA) is 49.4 Å². The molecule has 1 N–H and O–H groups in total. The molecular formula is C14H22N2O2S. The van der Waals surface area contributed by atoms with Crippen LogP contribution in [0, 0.1) is 13.8 Å². The molecule has 19 heavy (non-hydrogen) atoms. The summed E-state index contributed by atoms with van der Waals surface area (Å²) in [6.07, 6.45) is 1.75. The van der Waals surface area contributed by atoms with Gasteiger partial charge in [0, 0.05) is 19.1 Å². The van der Waals surface area contributed by atoms with Gasteiger partial charge in [-0.3, -0.25) is 0 Å². The van der Waals surface area contributed by atoms with E-state index in [0.717, 1.165) is 24.0 Å². The van der Waals surface area contributed by atoms with Crippen molar-refractivity contribution < 1.29 is 8.42 Å². The van der Waals surface area contributed by atoms with E-state index in [4.69, 9.17) is 0 Å². The maximum Gasteiger partial charge on any atom is 0.243 e. The number of rotatable bonds is 3. The van der Waals surface area contributed by atoms with E-state index in [1.807, 2.05) is 33.0 Å². The molecule has 0 bridgehead atoms. The highest BCUT2D eigenvalue weighted by Crippen LogP contribution is 2.23. The van der Waals surface area contributed by atoms with E-state index in [1.54, 1.807) is 10.4 Å². The summed E-state index contributed by atoms with van der Waals surface area (Å²) in [7, 11) is -1.41. The van der Waals surface area contributed by atoms with Gasteiger partial charge in [-0.25, -0.2) is 8.42 Å². The van der Waals surface area contributed by atoms with Crippen LogP contribution in [-0.2, 0) is 10.0 Å². The summed E-state index contributed by atoms with van der Waals surface area (Å²) < 4.78 is 26.8. The fourth-order valence-corrected chi connectivity index (χ4v) is 4.29. The number of hydrogen-bond donors (Lipinski definition) is 1. The summed E-state index contributed by atoms with van der Waals surface area (Å²) in [5, 5.41) is 3.21. The molecule has 1 heterocycles. The smallest absolute Gasteiger partial charge is 0.243 e. The fraction of sp³-hybridized carbons (Fsp3) is 0.571. The molecule has 0 unspecified atom stereocenters. The average molecular weight is 282 g/mol. The first kappa shape index (κ1) is 14.5. The Morgan fingerprint density at radius 3 is 2.37 bits per heavy atom. The minimum absolute atomic E-state index is 0.436. The van der Waals surface area contributed by atoms with Crippen LogP contribution in [0.15, 0.2) is 23.1 Å². The molecule has 1 aromatic carbocycles. The normalized spacial score (nSPS) is 18.7. The second-order valence-electron chi connectivity index (χ2n) is 5.24. The van der Waals surface area contributed by atoms with Gasteiger partial charge in [-0.15, -0.1) is 0 Å². The Hall–Kier alpha value is -0.910. The second kappa shape index (κ2) is 5.61. The molecule has 0 aromatic heterocycles. The van der Waals surface area contributed by atoms with Crippen LogP contribution < -0.4 is 5.32 Å². The largest absolute Gasteiger partial charge is 0.317 e. The summed E-state index contributed by atoms with van der Waals surface area (Å²) in [5.74, 6) is 0. The van der Waals surface area contributed by atoms with E-state index in [0.29, 0.717) is 24.0 Å². The molecule has 1 aromatic rings. The fourth-order valence-electron chi connectivity index (χ4n) is 2.61. The van der Waals surface area contributed by atoms with Crippen LogP contribution in [0.5, 0.6) is 0 Å². The van der Waals surface area contributed by atoms with Crippen molar-refractivity contribution in [2.24, 2.45) is 0 Å². The van der Waals surface area contributed by atoms with E-state index < -0.39 is 10.0 Å². The van der Waals surface area contributed by atoms with Gasteiger partial charge in [0.05, 0.1) is 4.90 Å². The monoisotopic (exact) mass is 282 g/mol. The lowest BCUT2D eigenvalue weighted by Gasteiger charge is -2.31. The number of sulfonamides is 1.